The molecule has 0 bridgehead atoms. The molecule has 0 radical (unpaired) electrons. The highest BCUT2D eigenvalue weighted by atomic mass is 35.5. The molecule has 2 heterocycles. The highest BCUT2D eigenvalue weighted by molar-refractivity contribution is 5.85. The van der Waals surface area contributed by atoms with Gasteiger partial charge in [-0.15, -0.1) is 12.4 Å². The molecule has 2 fully saturated rings. The van der Waals surface area contributed by atoms with Crippen LogP contribution in [0.1, 0.15) is 42.7 Å². The molecule has 0 saturated carbocycles. The maximum Gasteiger partial charge on any atom is 0.227 e. The predicted molar refractivity (Wildman–Crippen MR) is 94.6 cm³/mol. The van der Waals surface area contributed by atoms with Crippen molar-refractivity contribution in [3.8, 4) is 5.75 Å². The lowest BCUT2D eigenvalue weighted by Gasteiger charge is -2.24. The van der Waals surface area contributed by atoms with E-state index in [0.29, 0.717) is 12.3 Å². The summed E-state index contributed by atoms with van der Waals surface area (Å²) in [6, 6.07) is 6.41. The third kappa shape index (κ3) is 4.39. The van der Waals surface area contributed by atoms with Crippen molar-refractivity contribution in [1.82, 2.24) is 10.2 Å². The first-order valence-corrected chi connectivity index (χ1v) is 8.43. The van der Waals surface area contributed by atoms with Crippen LogP contribution in [0.25, 0.3) is 0 Å². The molecular weight excluding hydrogens is 312 g/mol. The first-order chi connectivity index (χ1) is 10.8. The van der Waals surface area contributed by atoms with Gasteiger partial charge in [0.1, 0.15) is 5.75 Å². The number of ether oxygens (including phenoxy) is 1. The number of carbonyl (C=O) groups is 1. The SMILES string of the molecule is COc1cc(C2CCNCC2)ccc1CC(=O)N1CCCC1.Cl. The summed E-state index contributed by atoms with van der Waals surface area (Å²) in [5, 5.41) is 3.40. The van der Waals surface area contributed by atoms with Gasteiger partial charge in [0.2, 0.25) is 5.91 Å². The molecule has 2 aliphatic rings. The normalized spacial score (nSPS) is 18.6. The Labute approximate surface area is 145 Å². The third-order valence-electron chi connectivity index (χ3n) is 4.92. The minimum absolute atomic E-state index is 0. The molecule has 2 aliphatic heterocycles. The Kier molecular flexibility index (Phi) is 6.72. The van der Waals surface area contributed by atoms with E-state index in [1.165, 1.54) is 18.4 Å². The van der Waals surface area contributed by atoms with Gasteiger partial charge in [-0.1, -0.05) is 12.1 Å². The zero-order valence-electron chi connectivity index (χ0n) is 13.8. The zero-order chi connectivity index (χ0) is 15.4. The van der Waals surface area contributed by atoms with Gasteiger partial charge in [-0.05, 0) is 56.3 Å². The first kappa shape index (κ1) is 18.1. The van der Waals surface area contributed by atoms with Crippen LogP contribution in [0.2, 0.25) is 0 Å². The minimum atomic E-state index is 0. The second kappa shape index (κ2) is 8.55. The van der Waals surface area contributed by atoms with E-state index < -0.39 is 0 Å². The summed E-state index contributed by atoms with van der Waals surface area (Å²) in [7, 11) is 1.70. The average Bonchev–Trinajstić information content (AvgIpc) is 3.10. The Morgan fingerprint density at radius 1 is 1.26 bits per heavy atom. The summed E-state index contributed by atoms with van der Waals surface area (Å²) >= 11 is 0. The molecular formula is C18H27ClN2O2. The number of amides is 1. The van der Waals surface area contributed by atoms with Crippen LogP contribution in [0.5, 0.6) is 5.75 Å². The smallest absolute Gasteiger partial charge is 0.227 e. The number of piperidine rings is 1. The van der Waals surface area contributed by atoms with Gasteiger partial charge in [0.15, 0.2) is 0 Å². The lowest BCUT2D eigenvalue weighted by molar-refractivity contribution is -0.129. The van der Waals surface area contributed by atoms with Crippen LogP contribution in [-0.2, 0) is 11.2 Å². The number of nitrogens with one attached hydrogen (secondary N) is 1. The molecule has 23 heavy (non-hydrogen) atoms. The van der Waals surface area contributed by atoms with Crippen molar-refractivity contribution in [3.63, 3.8) is 0 Å². The molecule has 4 nitrogen and oxygen atoms in total. The average molecular weight is 339 g/mol. The van der Waals surface area contributed by atoms with E-state index in [0.717, 1.165) is 50.3 Å². The molecule has 0 atom stereocenters. The molecule has 3 rings (SSSR count). The van der Waals surface area contributed by atoms with Crippen LogP contribution in [-0.4, -0.2) is 44.1 Å². The van der Waals surface area contributed by atoms with Gasteiger partial charge < -0.3 is 15.0 Å². The van der Waals surface area contributed by atoms with E-state index in [9.17, 15) is 4.79 Å². The van der Waals surface area contributed by atoms with Crippen LogP contribution in [0.15, 0.2) is 18.2 Å². The largest absolute Gasteiger partial charge is 0.496 e. The Morgan fingerprint density at radius 2 is 1.96 bits per heavy atom. The fourth-order valence-corrected chi connectivity index (χ4v) is 3.56. The van der Waals surface area contributed by atoms with Gasteiger partial charge in [0.25, 0.3) is 0 Å². The van der Waals surface area contributed by atoms with E-state index in [1.54, 1.807) is 7.11 Å². The van der Waals surface area contributed by atoms with Crippen LogP contribution < -0.4 is 10.1 Å². The number of likely N-dealkylation sites (tertiary alicyclic amines) is 1. The van der Waals surface area contributed by atoms with Crippen LogP contribution in [0.3, 0.4) is 0 Å². The van der Waals surface area contributed by atoms with Crippen molar-refractivity contribution < 1.29 is 9.53 Å². The molecule has 0 unspecified atom stereocenters. The Morgan fingerprint density at radius 3 is 2.61 bits per heavy atom. The standard InChI is InChI=1S/C18H26N2O2.ClH/c1-22-17-12-15(14-6-8-19-9-7-14)4-5-16(17)13-18(21)20-10-2-3-11-20;/h4-5,12,14,19H,2-3,6-11,13H2,1H3;1H. The first-order valence-electron chi connectivity index (χ1n) is 8.43. The van der Waals surface area contributed by atoms with Crippen LogP contribution in [0, 0.1) is 0 Å². The van der Waals surface area contributed by atoms with E-state index in [2.05, 4.69) is 23.5 Å². The molecule has 0 spiro atoms. The number of benzene rings is 1. The maximum absolute atomic E-state index is 12.3. The van der Waals surface area contributed by atoms with Gasteiger partial charge >= 0.3 is 0 Å². The fourth-order valence-electron chi connectivity index (χ4n) is 3.56. The zero-order valence-corrected chi connectivity index (χ0v) is 14.7. The summed E-state index contributed by atoms with van der Waals surface area (Å²) in [6.45, 7) is 3.99. The number of halogens is 1. The van der Waals surface area contributed by atoms with E-state index in [-0.39, 0.29) is 18.3 Å². The predicted octanol–water partition coefficient (Wildman–Crippen LogP) is 2.75. The number of rotatable bonds is 4. The van der Waals surface area contributed by atoms with E-state index in [1.807, 2.05) is 4.90 Å². The minimum Gasteiger partial charge on any atom is -0.496 e. The summed E-state index contributed by atoms with van der Waals surface area (Å²) in [4.78, 5) is 14.3. The molecule has 1 N–H and O–H groups in total. The highest BCUT2D eigenvalue weighted by Gasteiger charge is 2.21. The lowest BCUT2D eigenvalue weighted by Crippen LogP contribution is -2.29. The van der Waals surface area contributed by atoms with Crippen molar-refractivity contribution in [3.05, 3.63) is 29.3 Å². The molecule has 2 saturated heterocycles. The van der Waals surface area contributed by atoms with Gasteiger partial charge in [-0.3, -0.25) is 4.79 Å². The lowest BCUT2D eigenvalue weighted by atomic mass is 9.89. The van der Waals surface area contributed by atoms with E-state index in [4.69, 9.17) is 4.74 Å². The summed E-state index contributed by atoms with van der Waals surface area (Å²) in [5.41, 5.74) is 2.35. The number of hydrogen-bond donors (Lipinski definition) is 1. The van der Waals surface area contributed by atoms with Crippen LogP contribution in [0.4, 0.5) is 0 Å². The molecule has 1 amide bonds. The topological polar surface area (TPSA) is 41.6 Å². The molecule has 1 aromatic carbocycles. The third-order valence-corrected chi connectivity index (χ3v) is 4.92. The Bertz CT molecular complexity index is 524. The maximum atomic E-state index is 12.3. The monoisotopic (exact) mass is 338 g/mol. The van der Waals surface area contributed by atoms with Gasteiger partial charge in [-0.25, -0.2) is 0 Å². The van der Waals surface area contributed by atoms with Crippen molar-refractivity contribution >= 4 is 18.3 Å². The van der Waals surface area contributed by atoms with Crippen molar-refractivity contribution in [2.75, 3.05) is 33.3 Å². The summed E-state index contributed by atoms with van der Waals surface area (Å²) in [5.74, 6) is 1.70. The molecule has 1 aromatic rings. The van der Waals surface area contributed by atoms with Gasteiger partial charge in [-0.2, -0.15) is 0 Å². The number of hydrogen-bond acceptors (Lipinski definition) is 3. The van der Waals surface area contributed by atoms with Crippen molar-refractivity contribution in [2.24, 2.45) is 0 Å². The van der Waals surface area contributed by atoms with Gasteiger partial charge in [0.05, 0.1) is 13.5 Å². The summed E-state index contributed by atoms with van der Waals surface area (Å²) in [6.07, 6.45) is 5.08. The second-order valence-corrected chi connectivity index (χ2v) is 6.36. The number of nitrogens with zero attached hydrogens (tertiary/aromatic N) is 1. The van der Waals surface area contributed by atoms with E-state index >= 15 is 0 Å². The van der Waals surface area contributed by atoms with Crippen molar-refractivity contribution in [2.45, 2.75) is 38.0 Å². The Hall–Kier alpha value is -1.26. The van der Waals surface area contributed by atoms with Crippen LogP contribution >= 0.6 is 12.4 Å². The van der Waals surface area contributed by atoms with Crippen molar-refractivity contribution in [1.29, 1.82) is 0 Å². The summed E-state index contributed by atoms with van der Waals surface area (Å²) < 4.78 is 5.55. The Balaban J connectivity index is 0.00000192. The molecule has 5 heteroatoms. The number of methoxy groups -OCH3 is 1. The quantitative estimate of drug-likeness (QED) is 0.917. The molecule has 0 aromatic heterocycles. The highest BCUT2D eigenvalue weighted by Crippen LogP contribution is 2.30. The molecule has 0 aliphatic carbocycles. The number of carbonyl (C=O) groups excluding carboxylic acids is 1. The fraction of sp³-hybridized carbons (Fsp3) is 0.611. The molecule has 128 valence electrons. The van der Waals surface area contributed by atoms with Gasteiger partial charge in [0, 0.05) is 18.7 Å². The second-order valence-electron chi connectivity index (χ2n) is 6.36.